The Labute approximate surface area is 86.8 Å². The summed E-state index contributed by atoms with van der Waals surface area (Å²) in [6.07, 6.45) is 0. The first-order chi connectivity index (χ1) is 6.55. The minimum Gasteiger partial charge on any atom is -0.466 e. The molecule has 78 valence electrons. The molecule has 0 aliphatic rings. The minimum absolute atomic E-state index is 0.0244. The van der Waals surface area contributed by atoms with Crippen molar-refractivity contribution >= 4 is 19.7 Å². The van der Waals surface area contributed by atoms with Crippen LogP contribution in [0.15, 0.2) is 29.2 Å². The van der Waals surface area contributed by atoms with Gasteiger partial charge in [0.25, 0.3) is 9.05 Å². The zero-order chi connectivity index (χ0) is 10.6. The molecule has 0 aliphatic carbocycles. The largest absolute Gasteiger partial charge is 0.466 e. The van der Waals surface area contributed by atoms with Crippen molar-refractivity contribution in [3.05, 3.63) is 24.3 Å². The summed E-state index contributed by atoms with van der Waals surface area (Å²) in [5.41, 5.74) is 0. The van der Waals surface area contributed by atoms with Gasteiger partial charge in [-0.15, -0.1) is 0 Å². The zero-order valence-corrected chi connectivity index (χ0v) is 9.01. The summed E-state index contributed by atoms with van der Waals surface area (Å²) in [6.45, 7) is -0.0244. The van der Waals surface area contributed by atoms with Crippen LogP contribution in [0.25, 0.3) is 0 Å². The molecule has 0 aliphatic heterocycles. The van der Waals surface area contributed by atoms with Crippen molar-refractivity contribution in [1.82, 2.24) is 0 Å². The van der Waals surface area contributed by atoms with Crippen molar-refractivity contribution < 1.29 is 17.9 Å². The van der Waals surface area contributed by atoms with Crippen LogP contribution in [0, 0.1) is 0 Å². The molecule has 4 nitrogen and oxygen atoms in total. The lowest BCUT2D eigenvalue weighted by Gasteiger charge is -2.07. The van der Waals surface area contributed by atoms with Gasteiger partial charge in [-0.2, -0.15) is 0 Å². The van der Waals surface area contributed by atoms with Gasteiger partial charge in [0.15, 0.2) is 6.79 Å². The summed E-state index contributed by atoms with van der Waals surface area (Å²) in [5.74, 6) is 0.185. The topological polar surface area (TPSA) is 52.6 Å². The third-order valence-electron chi connectivity index (χ3n) is 1.44. The number of hydrogen-bond acceptors (Lipinski definition) is 4. The molecule has 14 heavy (non-hydrogen) atoms. The number of para-hydroxylation sites is 1. The fraction of sp³-hybridized carbons (Fsp3) is 0.250. The zero-order valence-electron chi connectivity index (χ0n) is 7.44. The summed E-state index contributed by atoms with van der Waals surface area (Å²) < 4.78 is 31.8. The van der Waals surface area contributed by atoms with Crippen LogP contribution in [0.1, 0.15) is 0 Å². The summed E-state index contributed by atoms with van der Waals surface area (Å²) in [6, 6.07) is 6.09. The Morgan fingerprint density at radius 3 is 2.57 bits per heavy atom. The van der Waals surface area contributed by atoms with Gasteiger partial charge in [-0.1, -0.05) is 12.1 Å². The standard InChI is InChI=1S/C8H9ClO4S/c1-12-6-13-7-4-2-3-5-8(7)14(9,10)11/h2-5H,6H2,1H3. The average molecular weight is 237 g/mol. The number of methoxy groups -OCH3 is 1. The van der Waals surface area contributed by atoms with E-state index < -0.39 is 9.05 Å². The van der Waals surface area contributed by atoms with E-state index in [1.54, 1.807) is 12.1 Å². The second kappa shape index (κ2) is 4.63. The highest BCUT2D eigenvalue weighted by Crippen LogP contribution is 2.26. The van der Waals surface area contributed by atoms with Gasteiger partial charge in [0.2, 0.25) is 0 Å². The van der Waals surface area contributed by atoms with Gasteiger partial charge < -0.3 is 9.47 Å². The van der Waals surface area contributed by atoms with E-state index in [1.165, 1.54) is 19.2 Å². The van der Waals surface area contributed by atoms with Crippen LogP contribution in [-0.2, 0) is 13.8 Å². The highest BCUT2D eigenvalue weighted by Gasteiger charge is 2.15. The van der Waals surface area contributed by atoms with Gasteiger partial charge in [-0.3, -0.25) is 0 Å². The normalized spacial score (nSPS) is 11.3. The predicted octanol–water partition coefficient (Wildman–Crippen LogP) is 1.60. The monoisotopic (exact) mass is 236 g/mol. The molecule has 0 N–H and O–H groups in total. The molecule has 1 rings (SSSR count). The second-order valence-corrected chi connectivity index (χ2v) is 4.97. The Balaban J connectivity index is 3.04. The summed E-state index contributed by atoms with van der Waals surface area (Å²) >= 11 is 0. The Hall–Kier alpha value is -0.780. The molecule has 1 aromatic rings. The van der Waals surface area contributed by atoms with Crippen molar-refractivity contribution in [1.29, 1.82) is 0 Å². The second-order valence-electron chi connectivity index (χ2n) is 2.44. The van der Waals surface area contributed by atoms with E-state index in [1.807, 2.05) is 0 Å². The van der Waals surface area contributed by atoms with Crippen LogP contribution in [0.4, 0.5) is 0 Å². The smallest absolute Gasteiger partial charge is 0.264 e. The molecule has 0 bridgehead atoms. The number of hydrogen-bond donors (Lipinski definition) is 0. The first-order valence-corrected chi connectivity index (χ1v) is 6.02. The molecule has 0 amide bonds. The van der Waals surface area contributed by atoms with Crippen molar-refractivity contribution in [2.24, 2.45) is 0 Å². The van der Waals surface area contributed by atoms with Gasteiger partial charge >= 0.3 is 0 Å². The number of ether oxygens (including phenoxy) is 2. The molecule has 0 unspecified atom stereocenters. The third-order valence-corrected chi connectivity index (χ3v) is 2.81. The Bertz CT molecular complexity index is 402. The molecule has 6 heteroatoms. The maximum atomic E-state index is 11.1. The van der Waals surface area contributed by atoms with Gasteiger partial charge in [0.1, 0.15) is 10.6 Å². The Morgan fingerprint density at radius 1 is 1.36 bits per heavy atom. The molecular weight excluding hydrogens is 228 g/mol. The molecule has 0 saturated heterocycles. The number of rotatable bonds is 4. The van der Waals surface area contributed by atoms with E-state index >= 15 is 0 Å². The van der Waals surface area contributed by atoms with E-state index in [4.69, 9.17) is 15.4 Å². The lowest BCUT2D eigenvalue weighted by molar-refractivity contribution is 0.0490. The van der Waals surface area contributed by atoms with Gasteiger partial charge in [-0.25, -0.2) is 8.42 Å². The predicted molar refractivity (Wildman–Crippen MR) is 52.0 cm³/mol. The van der Waals surface area contributed by atoms with E-state index in [9.17, 15) is 8.42 Å². The van der Waals surface area contributed by atoms with E-state index in [0.29, 0.717) is 0 Å². The lowest BCUT2D eigenvalue weighted by Crippen LogP contribution is -2.02. The molecule has 0 saturated carbocycles. The van der Waals surface area contributed by atoms with Gasteiger partial charge in [-0.05, 0) is 12.1 Å². The quantitative estimate of drug-likeness (QED) is 0.589. The van der Waals surface area contributed by atoms with Crippen molar-refractivity contribution in [2.75, 3.05) is 13.9 Å². The fourth-order valence-electron chi connectivity index (χ4n) is 0.893. The van der Waals surface area contributed by atoms with E-state index in [0.717, 1.165) is 0 Å². The molecule has 0 atom stereocenters. The van der Waals surface area contributed by atoms with Crippen molar-refractivity contribution in [3.8, 4) is 5.75 Å². The fourth-order valence-corrected chi connectivity index (χ4v) is 1.88. The van der Waals surface area contributed by atoms with E-state index in [-0.39, 0.29) is 17.4 Å². The molecule has 0 aromatic heterocycles. The maximum absolute atomic E-state index is 11.1. The lowest BCUT2D eigenvalue weighted by atomic mass is 10.3. The molecule has 0 radical (unpaired) electrons. The highest BCUT2D eigenvalue weighted by molar-refractivity contribution is 8.13. The average Bonchev–Trinajstić information content (AvgIpc) is 2.14. The van der Waals surface area contributed by atoms with Gasteiger partial charge in [0.05, 0.1) is 0 Å². The third kappa shape index (κ3) is 2.87. The van der Waals surface area contributed by atoms with Crippen LogP contribution < -0.4 is 4.74 Å². The van der Waals surface area contributed by atoms with Crippen LogP contribution in [0.2, 0.25) is 0 Å². The Kier molecular flexibility index (Phi) is 3.74. The molecule has 0 heterocycles. The summed E-state index contributed by atoms with van der Waals surface area (Å²) in [7, 11) is 2.86. The first kappa shape index (κ1) is 11.3. The maximum Gasteiger partial charge on any atom is 0.264 e. The first-order valence-electron chi connectivity index (χ1n) is 3.71. The minimum atomic E-state index is -3.77. The number of halogens is 1. The number of benzene rings is 1. The summed E-state index contributed by atoms with van der Waals surface area (Å²) in [5, 5.41) is 0. The van der Waals surface area contributed by atoms with E-state index in [2.05, 4.69) is 4.74 Å². The SMILES string of the molecule is COCOc1ccccc1S(=O)(=O)Cl. The molecule has 0 spiro atoms. The molecule has 1 aromatic carbocycles. The highest BCUT2D eigenvalue weighted by atomic mass is 35.7. The van der Waals surface area contributed by atoms with Crippen LogP contribution in [-0.4, -0.2) is 22.3 Å². The molecule has 0 fully saturated rings. The molecular formula is C8H9ClO4S. The van der Waals surface area contributed by atoms with Crippen LogP contribution in [0.3, 0.4) is 0 Å². The van der Waals surface area contributed by atoms with Crippen molar-refractivity contribution in [2.45, 2.75) is 4.90 Å². The summed E-state index contributed by atoms with van der Waals surface area (Å²) in [4.78, 5) is -0.0567. The van der Waals surface area contributed by atoms with Crippen LogP contribution in [0.5, 0.6) is 5.75 Å². The van der Waals surface area contributed by atoms with Crippen molar-refractivity contribution in [3.63, 3.8) is 0 Å². The Morgan fingerprint density at radius 2 is 2.00 bits per heavy atom. The van der Waals surface area contributed by atoms with Gasteiger partial charge in [0, 0.05) is 17.8 Å². The van der Waals surface area contributed by atoms with Crippen LogP contribution >= 0.6 is 10.7 Å².